The lowest BCUT2D eigenvalue weighted by Gasteiger charge is -1.88. The lowest BCUT2D eigenvalue weighted by molar-refractivity contribution is 1.32. The van der Waals surface area contributed by atoms with Crippen molar-refractivity contribution in [2.45, 2.75) is 0 Å². The molecule has 0 atom stereocenters. The van der Waals surface area contributed by atoms with E-state index in [1.54, 1.807) is 18.5 Å². The fourth-order valence-corrected chi connectivity index (χ4v) is 0.798. The predicted molar refractivity (Wildman–Crippen MR) is 38.2 cm³/mol. The summed E-state index contributed by atoms with van der Waals surface area (Å²) in [6.45, 7) is 6.65. The molecule has 0 N–H and O–H groups in total. The van der Waals surface area contributed by atoms with Crippen LogP contribution in [0.25, 0.3) is 4.85 Å². The molecule has 1 heterocycles. The highest BCUT2D eigenvalue weighted by atomic mass is 79.9. The minimum atomic E-state index is 0.602. The first-order valence-electron chi connectivity index (χ1n) is 2.31. The lowest BCUT2D eigenvalue weighted by atomic mass is 10.4. The predicted octanol–water partition coefficient (Wildman–Crippen LogP) is 2.39. The number of aromatic nitrogens is 1. The van der Waals surface area contributed by atoms with Crippen LogP contribution in [0.1, 0.15) is 0 Å². The van der Waals surface area contributed by atoms with Gasteiger partial charge in [-0.1, -0.05) is 15.9 Å². The molecule has 0 amide bonds. The average Bonchev–Trinajstić information content (AvgIpc) is 1.89. The SMILES string of the molecule is [C-]#[N+]c1ccncc1Br. The van der Waals surface area contributed by atoms with Crippen molar-refractivity contribution in [3.05, 3.63) is 34.3 Å². The van der Waals surface area contributed by atoms with Gasteiger partial charge in [-0.05, 0) is 6.07 Å². The molecule has 0 aliphatic carbocycles. The molecule has 1 rings (SSSR count). The maximum absolute atomic E-state index is 6.65. The normalized spacial score (nSPS) is 8.44. The molecule has 1 aromatic heterocycles. The van der Waals surface area contributed by atoms with Crippen LogP contribution in [0.4, 0.5) is 5.69 Å². The van der Waals surface area contributed by atoms with Gasteiger partial charge < -0.3 is 0 Å². The maximum atomic E-state index is 6.65. The largest absolute Gasteiger partial charge is 0.266 e. The Balaban J connectivity index is 3.20. The third kappa shape index (κ3) is 1.27. The van der Waals surface area contributed by atoms with Gasteiger partial charge in [-0.3, -0.25) is 4.98 Å². The van der Waals surface area contributed by atoms with Crippen molar-refractivity contribution in [3.8, 4) is 0 Å². The van der Waals surface area contributed by atoms with E-state index in [9.17, 15) is 0 Å². The van der Waals surface area contributed by atoms with E-state index in [0.717, 1.165) is 4.47 Å². The van der Waals surface area contributed by atoms with E-state index < -0.39 is 0 Å². The molecule has 0 unspecified atom stereocenters. The maximum Gasteiger partial charge on any atom is 0.204 e. The summed E-state index contributed by atoms with van der Waals surface area (Å²) in [6, 6.07) is 1.66. The highest BCUT2D eigenvalue weighted by Crippen LogP contribution is 2.22. The van der Waals surface area contributed by atoms with Crippen LogP contribution in [-0.2, 0) is 0 Å². The molecule has 0 saturated carbocycles. The molecule has 0 aliphatic heterocycles. The molecular formula is C6H3BrN2. The third-order valence-electron chi connectivity index (χ3n) is 0.871. The molecule has 0 radical (unpaired) electrons. The topological polar surface area (TPSA) is 17.2 Å². The lowest BCUT2D eigenvalue weighted by Crippen LogP contribution is -1.68. The summed E-state index contributed by atoms with van der Waals surface area (Å²) in [5, 5.41) is 0. The van der Waals surface area contributed by atoms with E-state index in [2.05, 4.69) is 25.8 Å². The second kappa shape index (κ2) is 2.60. The van der Waals surface area contributed by atoms with E-state index in [1.807, 2.05) is 0 Å². The number of rotatable bonds is 0. The van der Waals surface area contributed by atoms with Crippen LogP contribution in [0.5, 0.6) is 0 Å². The van der Waals surface area contributed by atoms with E-state index in [4.69, 9.17) is 6.57 Å². The van der Waals surface area contributed by atoms with Crippen LogP contribution < -0.4 is 0 Å². The van der Waals surface area contributed by atoms with Crippen molar-refractivity contribution >= 4 is 21.6 Å². The Labute approximate surface area is 61.5 Å². The number of nitrogens with zero attached hydrogens (tertiary/aromatic N) is 2. The summed E-state index contributed by atoms with van der Waals surface area (Å²) in [7, 11) is 0. The van der Waals surface area contributed by atoms with Gasteiger partial charge in [-0.2, -0.15) is 0 Å². The van der Waals surface area contributed by atoms with Crippen LogP contribution in [0, 0.1) is 6.57 Å². The summed E-state index contributed by atoms with van der Waals surface area (Å²) in [5.41, 5.74) is 0.602. The number of pyridine rings is 1. The van der Waals surface area contributed by atoms with Crippen molar-refractivity contribution in [2.24, 2.45) is 0 Å². The molecule has 3 heteroatoms. The molecular weight excluding hydrogens is 180 g/mol. The monoisotopic (exact) mass is 182 g/mol. The highest BCUT2D eigenvalue weighted by molar-refractivity contribution is 9.10. The van der Waals surface area contributed by atoms with Crippen LogP contribution in [0.2, 0.25) is 0 Å². The second-order valence-corrected chi connectivity index (χ2v) is 2.29. The Morgan fingerprint density at radius 1 is 1.67 bits per heavy atom. The zero-order valence-corrected chi connectivity index (χ0v) is 6.09. The quantitative estimate of drug-likeness (QED) is 0.564. The minimum absolute atomic E-state index is 0.602. The zero-order chi connectivity index (χ0) is 6.69. The van der Waals surface area contributed by atoms with E-state index in [1.165, 1.54) is 0 Å². The molecule has 0 spiro atoms. The van der Waals surface area contributed by atoms with Gasteiger partial charge in [0.1, 0.15) is 0 Å². The van der Waals surface area contributed by atoms with Crippen LogP contribution in [0.15, 0.2) is 22.9 Å². The van der Waals surface area contributed by atoms with Gasteiger partial charge in [0, 0.05) is 16.9 Å². The Kier molecular flexibility index (Phi) is 1.81. The van der Waals surface area contributed by atoms with Gasteiger partial charge in [0.05, 0.1) is 6.57 Å². The molecule has 0 aromatic carbocycles. The van der Waals surface area contributed by atoms with E-state index in [-0.39, 0.29) is 0 Å². The van der Waals surface area contributed by atoms with Gasteiger partial charge in [0.2, 0.25) is 5.69 Å². The van der Waals surface area contributed by atoms with Gasteiger partial charge in [0.25, 0.3) is 0 Å². The minimum Gasteiger partial charge on any atom is -0.266 e. The second-order valence-electron chi connectivity index (χ2n) is 1.44. The van der Waals surface area contributed by atoms with Crippen molar-refractivity contribution in [3.63, 3.8) is 0 Å². The van der Waals surface area contributed by atoms with Crippen LogP contribution >= 0.6 is 15.9 Å². The highest BCUT2D eigenvalue weighted by Gasteiger charge is 1.93. The molecule has 1 aromatic rings. The Bertz CT molecular complexity index is 251. The standard InChI is InChI=1S/C6H3BrN2/c1-8-6-2-3-9-4-5(6)7/h2-4H. The molecule has 0 bridgehead atoms. The summed E-state index contributed by atoms with van der Waals surface area (Å²) < 4.78 is 0.750. The number of halogens is 1. The average molecular weight is 183 g/mol. The molecule has 0 saturated heterocycles. The first-order valence-corrected chi connectivity index (χ1v) is 3.11. The summed E-state index contributed by atoms with van der Waals surface area (Å²) in [5.74, 6) is 0. The summed E-state index contributed by atoms with van der Waals surface area (Å²) >= 11 is 3.18. The van der Waals surface area contributed by atoms with Crippen molar-refractivity contribution < 1.29 is 0 Å². The van der Waals surface area contributed by atoms with Gasteiger partial charge in [0.15, 0.2) is 0 Å². The number of hydrogen-bond acceptors (Lipinski definition) is 1. The summed E-state index contributed by atoms with van der Waals surface area (Å²) in [4.78, 5) is 7.04. The molecule has 44 valence electrons. The van der Waals surface area contributed by atoms with Crippen molar-refractivity contribution in [1.29, 1.82) is 0 Å². The Hall–Kier alpha value is -0.880. The van der Waals surface area contributed by atoms with Gasteiger partial charge in [-0.25, -0.2) is 4.85 Å². The molecule has 0 fully saturated rings. The fourth-order valence-electron chi connectivity index (χ4n) is 0.459. The Morgan fingerprint density at radius 2 is 2.44 bits per heavy atom. The fraction of sp³-hybridized carbons (Fsp3) is 0. The third-order valence-corrected chi connectivity index (χ3v) is 1.48. The van der Waals surface area contributed by atoms with E-state index in [0.29, 0.717) is 5.69 Å². The van der Waals surface area contributed by atoms with Gasteiger partial charge >= 0.3 is 0 Å². The van der Waals surface area contributed by atoms with Gasteiger partial charge in [-0.15, -0.1) is 0 Å². The molecule has 0 aliphatic rings. The molecule has 9 heavy (non-hydrogen) atoms. The van der Waals surface area contributed by atoms with Crippen molar-refractivity contribution in [2.75, 3.05) is 0 Å². The zero-order valence-electron chi connectivity index (χ0n) is 4.50. The first kappa shape index (κ1) is 6.24. The smallest absolute Gasteiger partial charge is 0.204 e. The van der Waals surface area contributed by atoms with Crippen LogP contribution in [-0.4, -0.2) is 4.98 Å². The first-order chi connectivity index (χ1) is 4.34. The number of hydrogen-bond donors (Lipinski definition) is 0. The van der Waals surface area contributed by atoms with Crippen LogP contribution in [0.3, 0.4) is 0 Å². The van der Waals surface area contributed by atoms with E-state index >= 15 is 0 Å². The summed E-state index contributed by atoms with van der Waals surface area (Å²) in [6.07, 6.45) is 3.20. The Morgan fingerprint density at radius 3 is 2.89 bits per heavy atom. The molecule has 2 nitrogen and oxygen atoms in total. The van der Waals surface area contributed by atoms with Crippen molar-refractivity contribution in [1.82, 2.24) is 4.98 Å².